The minimum atomic E-state index is -0.546. The predicted octanol–water partition coefficient (Wildman–Crippen LogP) is -0.373. The topological polar surface area (TPSA) is 93.4 Å². The fraction of sp³-hybridized carbons (Fsp3) is 0.846. The van der Waals surface area contributed by atoms with Gasteiger partial charge in [0.05, 0.1) is 0 Å². The molecule has 0 saturated heterocycles. The molecule has 0 aromatic rings. The maximum atomic E-state index is 12.2. The lowest BCUT2D eigenvalue weighted by Gasteiger charge is -2.25. The molecule has 1 fully saturated rings. The Morgan fingerprint density at radius 1 is 1.32 bits per heavy atom. The Morgan fingerprint density at radius 3 is 2.37 bits per heavy atom. The molecule has 110 valence electrons. The summed E-state index contributed by atoms with van der Waals surface area (Å²) in [4.78, 5) is 23.7. The van der Waals surface area contributed by atoms with Gasteiger partial charge in [0, 0.05) is 19.7 Å². The number of hydrogen-bond acceptors (Lipinski definition) is 4. The Hall–Kier alpha value is -1.14. The lowest BCUT2D eigenvalue weighted by molar-refractivity contribution is -0.132. The number of carbonyl (C=O) groups is 2. The van der Waals surface area contributed by atoms with Gasteiger partial charge in [-0.15, -0.1) is 0 Å². The van der Waals surface area contributed by atoms with Crippen molar-refractivity contribution in [2.45, 2.75) is 38.8 Å². The van der Waals surface area contributed by atoms with Gasteiger partial charge in [-0.25, -0.2) is 0 Å². The summed E-state index contributed by atoms with van der Waals surface area (Å²) in [6.45, 7) is 4.19. The zero-order valence-electron chi connectivity index (χ0n) is 11.9. The third kappa shape index (κ3) is 5.16. The van der Waals surface area contributed by atoms with Crippen LogP contribution >= 0.6 is 0 Å². The van der Waals surface area contributed by atoms with Crippen LogP contribution in [0.4, 0.5) is 0 Å². The monoisotopic (exact) mass is 271 g/mol. The molecule has 1 saturated carbocycles. The standard InChI is InChI=1S/C13H25N3O3/c1-8(2)12(16-11(17)7-19-3)13(18)15-10(6-14)9-4-5-9/h8-10,12H,4-7,14H2,1-3H3,(H,15,18)(H,16,17)/t10?,12-/m0/s1. The van der Waals surface area contributed by atoms with Gasteiger partial charge < -0.3 is 21.1 Å². The van der Waals surface area contributed by atoms with Crippen LogP contribution in [0, 0.1) is 11.8 Å². The first-order chi connectivity index (χ1) is 8.99. The van der Waals surface area contributed by atoms with E-state index in [1.807, 2.05) is 13.8 Å². The van der Waals surface area contributed by atoms with Crippen LogP contribution in [0.2, 0.25) is 0 Å². The minimum Gasteiger partial charge on any atom is -0.375 e. The second-order valence-corrected chi connectivity index (χ2v) is 5.41. The van der Waals surface area contributed by atoms with Gasteiger partial charge in [0.2, 0.25) is 11.8 Å². The van der Waals surface area contributed by atoms with Crippen LogP contribution in [0.5, 0.6) is 0 Å². The van der Waals surface area contributed by atoms with Gasteiger partial charge in [0.25, 0.3) is 0 Å². The van der Waals surface area contributed by atoms with Crippen LogP contribution in [0.3, 0.4) is 0 Å². The number of rotatable bonds is 8. The van der Waals surface area contributed by atoms with Crippen molar-refractivity contribution in [2.24, 2.45) is 17.6 Å². The van der Waals surface area contributed by atoms with Gasteiger partial charge >= 0.3 is 0 Å². The summed E-state index contributed by atoms with van der Waals surface area (Å²) in [5.41, 5.74) is 5.67. The number of amides is 2. The molecule has 0 bridgehead atoms. The van der Waals surface area contributed by atoms with E-state index in [1.165, 1.54) is 7.11 Å². The highest BCUT2D eigenvalue weighted by Crippen LogP contribution is 2.32. The highest BCUT2D eigenvalue weighted by Gasteiger charge is 2.33. The minimum absolute atomic E-state index is 0.0124. The van der Waals surface area contributed by atoms with Crippen molar-refractivity contribution in [1.29, 1.82) is 0 Å². The summed E-state index contributed by atoms with van der Waals surface area (Å²) in [6, 6.07) is -0.525. The Morgan fingerprint density at radius 2 is 1.95 bits per heavy atom. The van der Waals surface area contributed by atoms with Crippen LogP contribution in [0.15, 0.2) is 0 Å². The zero-order valence-corrected chi connectivity index (χ0v) is 11.9. The zero-order chi connectivity index (χ0) is 14.4. The molecular weight excluding hydrogens is 246 g/mol. The molecule has 6 nitrogen and oxygen atoms in total. The van der Waals surface area contributed by atoms with Gasteiger partial charge in [-0.1, -0.05) is 13.8 Å². The van der Waals surface area contributed by atoms with E-state index in [4.69, 9.17) is 10.5 Å². The first-order valence-corrected chi connectivity index (χ1v) is 6.78. The van der Waals surface area contributed by atoms with Crippen LogP contribution in [0.1, 0.15) is 26.7 Å². The van der Waals surface area contributed by atoms with Gasteiger partial charge in [-0.3, -0.25) is 9.59 Å². The van der Waals surface area contributed by atoms with E-state index < -0.39 is 6.04 Å². The summed E-state index contributed by atoms with van der Waals surface area (Å²) < 4.78 is 4.75. The Balaban J connectivity index is 2.54. The molecular formula is C13H25N3O3. The third-order valence-corrected chi connectivity index (χ3v) is 3.31. The lowest BCUT2D eigenvalue weighted by Crippen LogP contribution is -2.54. The largest absolute Gasteiger partial charge is 0.375 e. The van der Waals surface area contributed by atoms with E-state index in [2.05, 4.69) is 10.6 Å². The molecule has 0 heterocycles. The summed E-state index contributed by atoms with van der Waals surface area (Å²) in [5.74, 6) is 0.0590. The van der Waals surface area contributed by atoms with E-state index in [-0.39, 0.29) is 30.4 Å². The average molecular weight is 271 g/mol. The highest BCUT2D eigenvalue weighted by molar-refractivity contribution is 5.88. The van der Waals surface area contributed by atoms with Crippen molar-refractivity contribution in [2.75, 3.05) is 20.3 Å². The number of ether oxygens (including phenoxy) is 1. The molecule has 0 aromatic carbocycles. The van der Waals surface area contributed by atoms with Gasteiger partial charge in [-0.2, -0.15) is 0 Å². The highest BCUT2D eigenvalue weighted by atomic mass is 16.5. The summed E-state index contributed by atoms with van der Waals surface area (Å²) in [5, 5.41) is 5.63. The predicted molar refractivity (Wildman–Crippen MR) is 72.4 cm³/mol. The molecule has 0 spiro atoms. The maximum Gasteiger partial charge on any atom is 0.246 e. The Labute approximate surface area is 114 Å². The van der Waals surface area contributed by atoms with Crippen molar-refractivity contribution in [1.82, 2.24) is 10.6 Å². The summed E-state index contributed by atoms with van der Waals surface area (Å²) >= 11 is 0. The van der Waals surface area contributed by atoms with Gasteiger partial charge in [0.1, 0.15) is 12.6 Å². The van der Waals surface area contributed by atoms with E-state index in [1.54, 1.807) is 0 Å². The van der Waals surface area contributed by atoms with Crippen molar-refractivity contribution in [3.63, 3.8) is 0 Å². The lowest BCUT2D eigenvalue weighted by atomic mass is 10.0. The van der Waals surface area contributed by atoms with Crippen molar-refractivity contribution >= 4 is 11.8 Å². The van der Waals surface area contributed by atoms with E-state index in [0.29, 0.717) is 12.5 Å². The molecule has 6 heteroatoms. The molecule has 0 aliphatic heterocycles. The molecule has 19 heavy (non-hydrogen) atoms. The average Bonchev–Trinajstić information content (AvgIpc) is 3.16. The van der Waals surface area contributed by atoms with Crippen molar-refractivity contribution in [3.05, 3.63) is 0 Å². The third-order valence-electron chi connectivity index (χ3n) is 3.31. The number of methoxy groups -OCH3 is 1. The molecule has 0 aromatic heterocycles. The van der Waals surface area contributed by atoms with E-state index in [0.717, 1.165) is 12.8 Å². The Bertz CT molecular complexity index is 316. The Kier molecular flexibility index (Phi) is 6.24. The first kappa shape index (κ1) is 15.9. The fourth-order valence-corrected chi connectivity index (χ4v) is 2.02. The fourth-order valence-electron chi connectivity index (χ4n) is 2.02. The molecule has 2 amide bonds. The van der Waals surface area contributed by atoms with E-state index in [9.17, 15) is 9.59 Å². The van der Waals surface area contributed by atoms with Crippen molar-refractivity contribution in [3.8, 4) is 0 Å². The maximum absolute atomic E-state index is 12.2. The first-order valence-electron chi connectivity index (χ1n) is 6.78. The molecule has 0 radical (unpaired) electrons. The molecule has 1 unspecified atom stereocenters. The quantitative estimate of drug-likeness (QED) is 0.561. The number of nitrogens with two attached hydrogens (primary N) is 1. The van der Waals surface area contributed by atoms with Crippen molar-refractivity contribution < 1.29 is 14.3 Å². The second-order valence-electron chi connectivity index (χ2n) is 5.41. The molecule has 2 atom stereocenters. The van der Waals surface area contributed by atoms with Crippen LogP contribution < -0.4 is 16.4 Å². The van der Waals surface area contributed by atoms with Crippen LogP contribution in [-0.4, -0.2) is 44.2 Å². The second kappa shape index (κ2) is 7.45. The molecule has 1 rings (SSSR count). The number of hydrogen-bond donors (Lipinski definition) is 3. The van der Waals surface area contributed by atoms with Crippen LogP contribution in [0.25, 0.3) is 0 Å². The SMILES string of the molecule is COCC(=O)N[C@H](C(=O)NC(CN)C1CC1)C(C)C. The molecule has 4 N–H and O–H groups in total. The molecule has 1 aliphatic carbocycles. The van der Waals surface area contributed by atoms with E-state index >= 15 is 0 Å². The number of carbonyl (C=O) groups excluding carboxylic acids is 2. The van der Waals surface area contributed by atoms with Gasteiger partial charge in [-0.05, 0) is 24.7 Å². The smallest absolute Gasteiger partial charge is 0.246 e. The number of nitrogens with one attached hydrogen (secondary N) is 2. The normalized spacial score (nSPS) is 17.9. The summed E-state index contributed by atoms with van der Waals surface area (Å²) in [6.07, 6.45) is 2.23. The van der Waals surface area contributed by atoms with Gasteiger partial charge in [0.15, 0.2) is 0 Å². The molecule has 1 aliphatic rings. The summed E-state index contributed by atoms with van der Waals surface area (Å²) in [7, 11) is 1.45. The van der Waals surface area contributed by atoms with Crippen LogP contribution in [-0.2, 0) is 14.3 Å².